The minimum absolute atomic E-state index is 0.00635. The summed E-state index contributed by atoms with van der Waals surface area (Å²) < 4.78 is 0. The van der Waals surface area contributed by atoms with Crippen LogP contribution in [-0.2, 0) is 0 Å². The number of amides is 1. The van der Waals surface area contributed by atoms with E-state index < -0.39 is 4.92 Å². The summed E-state index contributed by atoms with van der Waals surface area (Å²) >= 11 is 0. The van der Waals surface area contributed by atoms with Crippen LogP contribution in [0.5, 0.6) is 0 Å². The Hall–Kier alpha value is -2.76. The number of nitrogens with one attached hydrogen (secondary N) is 1. The molecule has 2 rings (SSSR count). The molecule has 1 heterocycles. The molecule has 0 aliphatic carbocycles. The van der Waals surface area contributed by atoms with Crippen LogP contribution in [-0.4, -0.2) is 15.8 Å². The molecule has 0 aliphatic rings. The van der Waals surface area contributed by atoms with E-state index in [1.165, 1.54) is 18.2 Å². The molecule has 0 spiro atoms. The molecule has 0 radical (unpaired) electrons. The third kappa shape index (κ3) is 3.42. The van der Waals surface area contributed by atoms with Crippen molar-refractivity contribution in [3.63, 3.8) is 0 Å². The molecule has 1 aromatic heterocycles. The van der Waals surface area contributed by atoms with E-state index in [2.05, 4.69) is 10.3 Å². The zero-order valence-corrected chi connectivity index (χ0v) is 11.7. The number of nitrogens with zero attached hydrogens (tertiary/aromatic N) is 2. The van der Waals surface area contributed by atoms with Crippen molar-refractivity contribution in [2.75, 3.05) is 0 Å². The predicted molar refractivity (Wildman–Crippen MR) is 78.0 cm³/mol. The van der Waals surface area contributed by atoms with Crippen LogP contribution >= 0.6 is 0 Å². The summed E-state index contributed by atoms with van der Waals surface area (Å²) in [4.78, 5) is 26.5. The largest absolute Gasteiger partial charge is 0.345 e. The maximum absolute atomic E-state index is 12.2. The van der Waals surface area contributed by atoms with Crippen molar-refractivity contribution in [2.24, 2.45) is 0 Å². The number of pyridine rings is 1. The molecule has 1 unspecified atom stereocenters. The van der Waals surface area contributed by atoms with Gasteiger partial charge in [0.15, 0.2) is 0 Å². The number of benzene rings is 1. The van der Waals surface area contributed by atoms with Crippen molar-refractivity contribution >= 4 is 11.6 Å². The molecule has 1 amide bonds. The molecule has 1 N–H and O–H groups in total. The van der Waals surface area contributed by atoms with E-state index in [1.807, 2.05) is 13.0 Å². The molecule has 6 heteroatoms. The first kappa shape index (κ1) is 14.6. The van der Waals surface area contributed by atoms with Crippen molar-refractivity contribution in [3.8, 4) is 0 Å². The summed E-state index contributed by atoms with van der Waals surface area (Å²) in [5.41, 5.74) is 1.76. The Balaban J connectivity index is 2.14. The molecular formula is C15H15N3O3. The van der Waals surface area contributed by atoms with Crippen molar-refractivity contribution in [2.45, 2.75) is 19.9 Å². The van der Waals surface area contributed by atoms with Crippen molar-refractivity contribution in [1.82, 2.24) is 10.3 Å². The Kier molecular flexibility index (Phi) is 4.27. The van der Waals surface area contributed by atoms with Gasteiger partial charge in [-0.15, -0.1) is 0 Å². The van der Waals surface area contributed by atoms with Gasteiger partial charge in [-0.1, -0.05) is 6.07 Å². The lowest BCUT2D eigenvalue weighted by atomic mass is 10.1. The molecule has 0 bridgehead atoms. The van der Waals surface area contributed by atoms with Crippen molar-refractivity contribution in [3.05, 3.63) is 69.5 Å². The molecule has 2 aromatic rings. The zero-order valence-electron chi connectivity index (χ0n) is 11.7. The number of hydrogen-bond donors (Lipinski definition) is 1. The number of carbonyl (C=O) groups is 1. The van der Waals surface area contributed by atoms with E-state index in [9.17, 15) is 14.9 Å². The number of aromatic nitrogens is 1. The van der Waals surface area contributed by atoms with E-state index >= 15 is 0 Å². The Bertz CT molecular complexity index is 671. The standard InChI is InChI=1S/C15H15N3O3/c1-10-8-12(5-6-14(10)18(20)21)15(19)17-11(2)13-4-3-7-16-9-13/h3-9,11H,1-2H3,(H,17,19). The van der Waals surface area contributed by atoms with E-state index in [1.54, 1.807) is 25.4 Å². The second kappa shape index (κ2) is 6.13. The van der Waals surface area contributed by atoms with Crippen LogP contribution in [0.3, 0.4) is 0 Å². The molecule has 1 aromatic carbocycles. The smallest absolute Gasteiger partial charge is 0.272 e. The lowest BCUT2D eigenvalue weighted by molar-refractivity contribution is -0.385. The fourth-order valence-electron chi connectivity index (χ4n) is 2.00. The van der Waals surface area contributed by atoms with Gasteiger partial charge in [0.1, 0.15) is 0 Å². The second-order valence-corrected chi connectivity index (χ2v) is 4.74. The molecule has 0 saturated carbocycles. The summed E-state index contributed by atoms with van der Waals surface area (Å²) in [7, 11) is 0. The first-order valence-electron chi connectivity index (χ1n) is 6.45. The zero-order chi connectivity index (χ0) is 15.4. The highest BCUT2D eigenvalue weighted by molar-refractivity contribution is 5.94. The number of hydrogen-bond acceptors (Lipinski definition) is 4. The minimum Gasteiger partial charge on any atom is -0.345 e. The molecule has 108 valence electrons. The van der Waals surface area contributed by atoms with Gasteiger partial charge < -0.3 is 5.32 Å². The van der Waals surface area contributed by atoms with Gasteiger partial charge in [-0.25, -0.2) is 0 Å². The molecule has 21 heavy (non-hydrogen) atoms. The number of nitro groups is 1. The Morgan fingerprint density at radius 1 is 1.38 bits per heavy atom. The highest BCUT2D eigenvalue weighted by Gasteiger charge is 2.15. The second-order valence-electron chi connectivity index (χ2n) is 4.74. The van der Waals surface area contributed by atoms with Gasteiger partial charge in [0.05, 0.1) is 11.0 Å². The van der Waals surface area contributed by atoms with E-state index in [0.717, 1.165) is 5.56 Å². The highest BCUT2D eigenvalue weighted by Crippen LogP contribution is 2.19. The monoisotopic (exact) mass is 285 g/mol. The van der Waals surface area contributed by atoms with Gasteiger partial charge >= 0.3 is 0 Å². The van der Waals surface area contributed by atoms with Crippen LogP contribution in [0.2, 0.25) is 0 Å². The Morgan fingerprint density at radius 3 is 2.71 bits per heavy atom. The quantitative estimate of drug-likeness (QED) is 0.691. The third-order valence-corrected chi connectivity index (χ3v) is 3.19. The molecule has 0 aliphatic heterocycles. The molecule has 0 fully saturated rings. The van der Waals surface area contributed by atoms with E-state index in [0.29, 0.717) is 11.1 Å². The van der Waals surface area contributed by atoms with Crippen LogP contribution in [0.25, 0.3) is 0 Å². The lowest BCUT2D eigenvalue weighted by Gasteiger charge is -2.14. The van der Waals surface area contributed by atoms with Gasteiger partial charge in [-0.3, -0.25) is 19.9 Å². The predicted octanol–water partition coefficient (Wildman–Crippen LogP) is 2.79. The topological polar surface area (TPSA) is 85.1 Å². The van der Waals surface area contributed by atoms with Gasteiger partial charge in [0.2, 0.25) is 0 Å². The Morgan fingerprint density at radius 2 is 2.14 bits per heavy atom. The Labute approximate surface area is 122 Å². The summed E-state index contributed by atoms with van der Waals surface area (Å²) in [6, 6.07) is 7.80. The van der Waals surface area contributed by atoms with Gasteiger partial charge in [0, 0.05) is 29.6 Å². The maximum atomic E-state index is 12.2. The number of nitro benzene ring substituents is 1. The normalized spacial score (nSPS) is 11.7. The summed E-state index contributed by atoms with van der Waals surface area (Å²) in [6.07, 6.45) is 3.35. The van der Waals surface area contributed by atoms with Crippen molar-refractivity contribution < 1.29 is 9.72 Å². The fourth-order valence-corrected chi connectivity index (χ4v) is 2.00. The number of aryl methyl sites for hydroxylation is 1. The molecule has 6 nitrogen and oxygen atoms in total. The van der Waals surface area contributed by atoms with Gasteiger partial charge in [-0.2, -0.15) is 0 Å². The average Bonchev–Trinajstić information content (AvgIpc) is 2.47. The maximum Gasteiger partial charge on any atom is 0.272 e. The van der Waals surface area contributed by atoms with Crippen LogP contribution in [0.1, 0.15) is 34.5 Å². The molecule has 0 saturated heterocycles. The van der Waals surface area contributed by atoms with Crippen LogP contribution in [0.15, 0.2) is 42.7 Å². The van der Waals surface area contributed by atoms with Crippen molar-refractivity contribution in [1.29, 1.82) is 0 Å². The molecular weight excluding hydrogens is 270 g/mol. The van der Waals surface area contributed by atoms with E-state index in [4.69, 9.17) is 0 Å². The van der Waals surface area contributed by atoms with E-state index in [-0.39, 0.29) is 17.6 Å². The fraction of sp³-hybridized carbons (Fsp3) is 0.200. The summed E-state index contributed by atoms with van der Waals surface area (Å²) in [5.74, 6) is -0.274. The van der Waals surface area contributed by atoms with Gasteiger partial charge in [-0.05, 0) is 37.6 Å². The number of carbonyl (C=O) groups excluding carboxylic acids is 1. The highest BCUT2D eigenvalue weighted by atomic mass is 16.6. The summed E-state index contributed by atoms with van der Waals surface area (Å²) in [5, 5.41) is 13.6. The van der Waals surface area contributed by atoms with Crippen LogP contribution in [0.4, 0.5) is 5.69 Å². The first-order valence-corrected chi connectivity index (χ1v) is 6.45. The lowest BCUT2D eigenvalue weighted by Crippen LogP contribution is -2.26. The van der Waals surface area contributed by atoms with Gasteiger partial charge in [0.25, 0.3) is 11.6 Å². The van der Waals surface area contributed by atoms with Crippen LogP contribution < -0.4 is 5.32 Å². The SMILES string of the molecule is Cc1cc(C(=O)NC(C)c2cccnc2)ccc1[N+](=O)[O-]. The average molecular weight is 285 g/mol. The van der Waals surface area contributed by atoms with Crippen LogP contribution in [0, 0.1) is 17.0 Å². The minimum atomic E-state index is -0.463. The number of rotatable bonds is 4. The third-order valence-electron chi connectivity index (χ3n) is 3.19. The molecule has 1 atom stereocenters. The first-order chi connectivity index (χ1) is 9.99. The summed E-state index contributed by atoms with van der Waals surface area (Å²) in [6.45, 7) is 3.46.